The van der Waals surface area contributed by atoms with Gasteiger partial charge in [0.2, 0.25) is 5.95 Å². The molecule has 0 saturated heterocycles. The van der Waals surface area contributed by atoms with E-state index in [1.165, 1.54) is 0 Å². The first-order valence-electron chi connectivity index (χ1n) is 9.48. The van der Waals surface area contributed by atoms with Crippen molar-refractivity contribution in [1.82, 2.24) is 20.2 Å². The average Bonchev–Trinajstić information content (AvgIpc) is 3.20. The molecule has 2 heterocycles. The number of hydrogen-bond donors (Lipinski definition) is 1. The van der Waals surface area contributed by atoms with Gasteiger partial charge in [-0.3, -0.25) is 4.79 Å². The third-order valence-electron chi connectivity index (χ3n) is 5.26. The van der Waals surface area contributed by atoms with Gasteiger partial charge in [-0.15, -0.1) is 0 Å². The Morgan fingerprint density at radius 3 is 2.97 bits per heavy atom. The zero-order valence-electron chi connectivity index (χ0n) is 15.5. The molecule has 2 aromatic carbocycles. The SMILES string of the molecule is O=C1CCCC2=C1C(c1cccc(OCc3ccccc3Cl)c1)n1nnnc1N2. The van der Waals surface area contributed by atoms with Crippen molar-refractivity contribution in [1.29, 1.82) is 0 Å². The van der Waals surface area contributed by atoms with Gasteiger partial charge in [-0.05, 0) is 47.0 Å². The number of ether oxygens (including phenoxy) is 1. The number of anilines is 1. The van der Waals surface area contributed by atoms with Gasteiger partial charge in [0, 0.05) is 28.3 Å². The number of fused-ring (bicyclic) bond motifs is 1. The molecule has 0 radical (unpaired) electrons. The second kappa shape index (κ2) is 7.33. The van der Waals surface area contributed by atoms with Gasteiger partial charge in [-0.1, -0.05) is 47.0 Å². The highest BCUT2D eigenvalue weighted by atomic mass is 35.5. The van der Waals surface area contributed by atoms with Crippen molar-refractivity contribution in [3.05, 3.63) is 76.0 Å². The van der Waals surface area contributed by atoms with Crippen molar-refractivity contribution >= 4 is 23.3 Å². The van der Waals surface area contributed by atoms with Gasteiger partial charge in [0.05, 0.1) is 0 Å². The summed E-state index contributed by atoms with van der Waals surface area (Å²) in [4.78, 5) is 12.8. The molecule has 0 bridgehead atoms. The zero-order chi connectivity index (χ0) is 19.8. The number of allylic oxidation sites excluding steroid dienone is 2. The van der Waals surface area contributed by atoms with E-state index in [0.29, 0.717) is 29.7 Å². The van der Waals surface area contributed by atoms with Gasteiger partial charge in [0.1, 0.15) is 18.4 Å². The number of rotatable bonds is 4. The predicted octanol–water partition coefficient (Wildman–Crippen LogP) is 3.93. The summed E-state index contributed by atoms with van der Waals surface area (Å²) in [6.45, 7) is 0.359. The molecule has 1 N–H and O–H groups in total. The summed E-state index contributed by atoms with van der Waals surface area (Å²) in [7, 11) is 0. The fraction of sp³-hybridized carbons (Fsp3) is 0.238. The number of ketones is 1. The van der Waals surface area contributed by atoms with E-state index in [4.69, 9.17) is 16.3 Å². The Labute approximate surface area is 172 Å². The summed E-state index contributed by atoms with van der Waals surface area (Å²) in [6, 6.07) is 14.9. The first kappa shape index (κ1) is 17.9. The summed E-state index contributed by atoms with van der Waals surface area (Å²) in [6.07, 6.45) is 2.18. The molecule has 3 aromatic rings. The summed E-state index contributed by atoms with van der Waals surface area (Å²) in [5.41, 5.74) is 3.46. The number of aromatic nitrogens is 4. The second-order valence-corrected chi connectivity index (χ2v) is 7.50. The van der Waals surface area contributed by atoms with Crippen LogP contribution in [0, 0.1) is 0 Å². The highest BCUT2D eigenvalue weighted by Gasteiger charge is 2.36. The van der Waals surface area contributed by atoms with Crippen LogP contribution >= 0.6 is 11.6 Å². The highest BCUT2D eigenvalue weighted by Crippen LogP contribution is 2.40. The zero-order valence-corrected chi connectivity index (χ0v) is 16.3. The third kappa shape index (κ3) is 3.27. The van der Waals surface area contributed by atoms with Gasteiger partial charge in [0.25, 0.3) is 0 Å². The van der Waals surface area contributed by atoms with Gasteiger partial charge in [0.15, 0.2) is 5.78 Å². The summed E-state index contributed by atoms with van der Waals surface area (Å²) >= 11 is 6.22. The Morgan fingerprint density at radius 1 is 1.17 bits per heavy atom. The lowest BCUT2D eigenvalue weighted by Crippen LogP contribution is -2.31. The molecule has 29 heavy (non-hydrogen) atoms. The molecule has 1 unspecified atom stereocenters. The van der Waals surface area contributed by atoms with E-state index in [9.17, 15) is 4.79 Å². The van der Waals surface area contributed by atoms with Crippen LogP contribution in [-0.4, -0.2) is 26.0 Å². The summed E-state index contributed by atoms with van der Waals surface area (Å²) < 4.78 is 7.64. The number of carbonyl (C=O) groups excluding carboxylic acids is 1. The molecule has 1 aliphatic heterocycles. The number of hydrogen-bond acceptors (Lipinski definition) is 6. The molecule has 0 fully saturated rings. The number of tetrazole rings is 1. The third-order valence-corrected chi connectivity index (χ3v) is 5.62. The molecule has 1 aliphatic carbocycles. The predicted molar refractivity (Wildman–Crippen MR) is 108 cm³/mol. The number of Topliss-reactive ketones (excluding diaryl/α,β-unsaturated/α-hetero) is 1. The van der Waals surface area contributed by atoms with Crippen molar-refractivity contribution in [3.8, 4) is 5.75 Å². The summed E-state index contributed by atoms with van der Waals surface area (Å²) in [5, 5.41) is 15.9. The molecule has 5 rings (SSSR count). The Hall–Kier alpha value is -3.19. The minimum absolute atomic E-state index is 0.132. The van der Waals surface area contributed by atoms with E-state index in [-0.39, 0.29) is 11.8 Å². The standard InChI is InChI=1S/C21H18ClN5O2/c22-16-8-2-1-5-14(16)12-29-15-7-3-6-13(11-15)20-19-17(9-4-10-18(19)28)23-21-24-25-26-27(20)21/h1-3,5-8,11,20H,4,9-10,12H2,(H,23,24,26). The molecule has 2 aliphatic rings. The van der Waals surface area contributed by atoms with Crippen molar-refractivity contribution in [3.63, 3.8) is 0 Å². The van der Waals surface area contributed by atoms with Crippen LogP contribution in [0.4, 0.5) is 5.95 Å². The first-order chi connectivity index (χ1) is 14.2. The topological polar surface area (TPSA) is 81.9 Å². The minimum Gasteiger partial charge on any atom is -0.489 e. The van der Waals surface area contributed by atoms with Crippen molar-refractivity contribution < 1.29 is 9.53 Å². The maximum absolute atomic E-state index is 12.8. The molecule has 0 amide bonds. The van der Waals surface area contributed by atoms with Crippen LogP contribution in [0.25, 0.3) is 0 Å². The lowest BCUT2D eigenvalue weighted by molar-refractivity contribution is -0.116. The van der Waals surface area contributed by atoms with Crippen LogP contribution in [0.3, 0.4) is 0 Å². The van der Waals surface area contributed by atoms with Crippen LogP contribution in [0.2, 0.25) is 5.02 Å². The first-order valence-corrected chi connectivity index (χ1v) is 9.86. The average molecular weight is 408 g/mol. The van der Waals surface area contributed by atoms with Crippen molar-refractivity contribution in [2.75, 3.05) is 5.32 Å². The molecular weight excluding hydrogens is 390 g/mol. The molecule has 1 aromatic heterocycles. The fourth-order valence-corrected chi connectivity index (χ4v) is 4.07. The van der Waals surface area contributed by atoms with Crippen LogP contribution in [0.1, 0.15) is 36.4 Å². The minimum atomic E-state index is -0.368. The number of nitrogens with zero attached hydrogens (tertiary/aromatic N) is 4. The van der Waals surface area contributed by atoms with Crippen molar-refractivity contribution in [2.45, 2.75) is 31.9 Å². The van der Waals surface area contributed by atoms with E-state index in [1.807, 2.05) is 48.5 Å². The summed E-state index contributed by atoms with van der Waals surface area (Å²) in [5.74, 6) is 1.37. The maximum Gasteiger partial charge on any atom is 0.248 e. The van der Waals surface area contributed by atoms with Gasteiger partial charge in [-0.2, -0.15) is 4.68 Å². The molecule has 1 atom stereocenters. The molecule has 8 heteroatoms. The van der Waals surface area contributed by atoms with E-state index in [2.05, 4.69) is 20.8 Å². The quantitative estimate of drug-likeness (QED) is 0.705. The molecule has 0 saturated carbocycles. The van der Waals surface area contributed by atoms with E-state index in [1.54, 1.807) is 4.68 Å². The second-order valence-electron chi connectivity index (χ2n) is 7.10. The smallest absolute Gasteiger partial charge is 0.248 e. The van der Waals surface area contributed by atoms with Crippen molar-refractivity contribution in [2.24, 2.45) is 0 Å². The normalized spacial score (nSPS) is 18.1. The number of nitrogens with one attached hydrogen (secondary N) is 1. The van der Waals surface area contributed by atoms with Crippen LogP contribution in [0.5, 0.6) is 5.75 Å². The van der Waals surface area contributed by atoms with Gasteiger partial charge >= 0.3 is 0 Å². The van der Waals surface area contributed by atoms with Crippen LogP contribution in [0.15, 0.2) is 59.8 Å². The number of halogens is 1. The Balaban J connectivity index is 1.49. The van der Waals surface area contributed by atoms with Crippen LogP contribution < -0.4 is 10.1 Å². The lowest BCUT2D eigenvalue weighted by atomic mass is 9.85. The monoisotopic (exact) mass is 407 g/mol. The van der Waals surface area contributed by atoms with Gasteiger partial charge < -0.3 is 10.1 Å². The Kier molecular flexibility index (Phi) is 4.52. The van der Waals surface area contributed by atoms with E-state index >= 15 is 0 Å². The maximum atomic E-state index is 12.8. The van der Waals surface area contributed by atoms with Gasteiger partial charge in [-0.25, -0.2) is 0 Å². The highest BCUT2D eigenvalue weighted by molar-refractivity contribution is 6.31. The van der Waals surface area contributed by atoms with E-state index in [0.717, 1.165) is 35.2 Å². The Bertz CT molecular complexity index is 1120. The van der Waals surface area contributed by atoms with Crippen LogP contribution in [-0.2, 0) is 11.4 Å². The fourth-order valence-electron chi connectivity index (χ4n) is 3.88. The Morgan fingerprint density at radius 2 is 2.07 bits per heavy atom. The molecular formula is C21H18ClN5O2. The molecule has 0 spiro atoms. The van der Waals surface area contributed by atoms with E-state index < -0.39 is 0 Å². The molecule has 7 nitrogen and oxygen atoms in total. The lowest BCUT2D eigenvalue weighted by Gasteiger charge is -2.31. The number of carbonyl (C=O) groups is 1. The number of benzene rings is 2. The molecule has 146 valence electrons. The largest absolute Gasteiger partial charge is 0.489 e.